The first-order valence-corrected chi connectivity index (χ1v) is 7.14. The second-order valence-corrected chi connectivity index (χ2v) is 5.15. The molecule has 108 valence electrons. The van der Waals surface area contributed by atoms with Gasteiger partial charge in [-0.15, -0.1) is 0 Å². The highest BCUT2D eigenvalue weighted by Gasteiger charge is 2.20. The smallest absolute Gasteiger partial charge is 0.166 e. The third-order valence-corrected chi connectivity index (χ3v) is 3.82. The number of aliphatic hydroxyl groups excluding tert-OH is 1. The third-order valence-electron chi connectivity index (χ3n) is 3.82. The van der Waals surface area contributed by atoms with Gasteiger partial charge >= 0.3 is 0 Å². The summed E-state index contributed by atoms with van der Waals surface area (Å²) in [5.74, 6) is -0.0473. The quantitative estimate of drug-likeness (QED) is 0.799. The molecule has 1 aromatic carbocycles. The predicted octanol–water partition coefficient (Wildman–Crippen LogP) is 2.69. The highest BCUT2D eigenvalue weighted by molar-refractivity contribution is 5.79. The lowest BCUT2D eigenvalue weighted by Crippen LogP contribution is -2.16. The molecule has 0 spiro atoms. The zero-order valence-corrected chi connectivity index (χ0v) is 12.1. The summed E-state index contributed by atoms with van der Waals surface area (Å²) >= 11 is 0. The number of benzene rings is 1. The van der Waals surface area contributed by atoms with Gasteiger partial charge in [0.15, 0.2) is 5.65 Å². The van der Waals surface area contributed by atoms with E-state index in [2.05, 4.69) is 15.1 Å². The average Bonchev–Trinajstić information content (AvgIpc) is 2.98. The van der Waals surface area contributed by atoms with Crippen molar-refractivity contribution in [2.75, 3.05) is 0 Å². The van der Waals surface area contributed by atoms with Crippen molar-refractivity contribution in [2.24, 2.45) is 0 Å². The molecular weight excluding hydrogens is 264 g/mol. The van der Waals surface area contributed by atoms with Crippen molar-refractivity contribution in [3.05, 3.63) is 48.5 Å². The zero-order valence-electron chi connectivity index (χ0n) is 12.1. The monoisotopic (exact) mass is 282 g/mol. The normalized spacial score (nSPS) is 14.2. The van der Waals surface area contributed by atoms with Gasteiger partial charge in [-0.05, 0) is 18.6 Å². The molecule has 3 aromatic rings. The van der Waals surface area contributed by atoms with E-state index in [9.17, 15) is 5.11 Å². The Labute approximate surface area is 123 Å². The number of para-hydroxylation sites is 1. The zero-order chi connectivity index (χ0) is 14.8. The van der Waals surface area contributed by atoms with E-state index in [0.717, 1.165) is 22.4 Å². The van der Waals surface area contributed by atoms with Crippen molar-refractivity contribution in [3.63, 3.8) is 0 Å². The molecule has 2 unspecified atom stereocenters. The molecule has 2 aromatic heterocycles. The SMILES string of the molecule is CCC(O)C(C)c1ncnc2c1cnn2-c1ccccc1. The van der Waals surface area contributed by atoms with Crippen LogP contribution in [0.4, 0.5) is 0 Å². The highest BCUT2D eigenvalue weighted by Crippen LogP contribution is 2.26. The Morgan fingerprint density at radius 3 is 2.67 bits per heavy atom. The number of nitrogens with zero attached hydrogens (tertiary/aromatic N) is 4. The Morgan fingerprint density at radius 2 is 1.95 bits per heavy atom. The second kappa shape index (κ2) is 5.61. The van der Waals surface area contributed by atoms with Crippen LogP contribution in [0.15, 0.2) is 42.9 Å². The summed E-state index contributed by atoms with van der Waals surface area (Å²) in [6.07, 6.45) is 3.59. The van der Waals surface area contributed by atoms with Gasteiger partial charge in [-0.3, -0.25) is 0 Å². The van der Waals surface area contributed by atoms with Crippen molar-refractivity contribution in [2.45, 2.75) is 32.3 Å². The molecule has 0 saturated heterocycles. The molecule has 0 amide bonds. The Bertz CT molecular complexity index is 738. The van der Waals surface area contributed by atoms with Gasteiger partial charge in [0.2, 0.25) is 0 Å². The molecular formula is C16H18N4O. The van der Waals surface area contributed by atoms with E-state index in [4.69, 9.17) is 0 Å². The second-order valence-electron chi connectivity index (χ2n) is 5.15. The van der Waals surface area contributed by atoms with Crippen molar-refractivity contribution in [3.8, 4) is 5.69 Å². The minimum Gasteiger partial charge on any atom is -0.392 e. The average molecular weight is 282 g/mol. The van der Waals surface area contributed by atoms with E-state index in [1.165, 1.54) is 6.33 Å². The molecule has 5 nitrogen and oxygen atoms in total. The van der Waals surface area contributed by atoms with E-state index in [1.54, 1.807) is 10.9 Å². The maximum atomic E-state index is 10.1. The first kappa shape index (κ1) is 13.7. The van der Waals surface area contributed by atoms with Gasteiger partial charge in [0.1, 0.15) is 6.33 Å². The molecule has 0 bridgehead atoms. The molecule has 21 heavy (non-hydrogen) atoms. The van der Waals surface area contributed by atoms with E-state index >= 15 is 0 Å². The number of rotatable bonds is 4. The van der Waals surface area contributed by atoms with E-state index in [-0.39, 0.29) is 5.92 Å². The Balaban J connectivity index is 2.13. The predicted molar refractivity (Wildman–Crippen MR) is 81.4 cm³/mol. The van der Waals surface area contributed by atoms with Gasteiger partial charge in [-0.1, -0.05) is 32.0 Å². The van der Waals surface area contributed by atoms with Crippen LogP contribution in [-0.2, 0) is 0 Å². The first-order valence-electron chi connectivity index (χ1n) is 7.14. The van der Waals surface area contributed by atoms with Crippen LogP contribution >= 0.6 is 0 Å². The molecule has 0 aliphatic carbocycles. The van der Waals surface area contributed by atoms with Crippen LogP contribution in [-0.4, -0.2) is 31.0 Å². The van der Waals surface area contributed by atoms with Gasteiger partial charge in [0, 0.05) is 5.92 Å². The van der Waals surface area contributed by atoms with Crippen LogP contribution in [0.25, 0.3) is 16.7 Å². The van der Waals surface area contributed by atoms with Gasteiger partial charge < -0.3 is 5.11 Å². The topological polar surface area (TPSA) is 63.8 Å². The van der Waals surface area contributed by atoms with Crippen LogP contribution in [0.5, 0.6) is 0 Å². The summed E-state index contributed by atoms with van der Waals surface area (Å²) < 4.78 is 1.80. The summed E-state index contributed by atoms with van der Waals surface area (Å²) in [7, 11) is 0. The lowest BCUT2D eigenvalue weighted by Gasteiger charge is -2.16. The molecule has 0 aliphatic heterocycles. The van der Waals surface area contributed by atoms with Gasteiger partial charge in [-0.2, -0.15) is 5.10 Å². The summed E-state index contributed by atoms with van der Waals surface area (Å²) in [6, 6.07) is 9.87. The highest BCUT2D eigenvalue weighted by atomic mass is 16.3. The number of aliphatic hydroxyl groups is 1. The van der Waals surface area contributed by atoms with E-state index < -0.39 is 6.10 Å². The van der Waals surface area contributed by atoms with Crippen molar-refractivity contribution in [1.29, 1.82) is 0 Å². The summed E-state index contributed by atoms with van der Waals surface area (Å²) in [5, 5.41) is 15.4. The van der Waals surface area contributed by atoms with Crippen molar-refractivity contribution >= 4 is 11.0 Å². The lowest BCUT2D eigenvalue weighted by atomic mass is 9.97. The summed E-state index contributed by atoms with van der Waals surface area (Å²) in [4.78, 5) is 8.71. The van der Waals surface area contributed by atoms with Crippen LogP contribution in [0, 0.1) is 0 Å². The molecule has 3 rings (SSSR count). The van der Waals surface area contributed by atoms with Crippen LogP contribution in [0.2, 0.25) is 0 Å². The summed E-state index contributed by atoms with van der Waals surface area (Å²) in [5.41, 5.74) is 2.57. The molecule has 1 N–H and O–H groups in total. The summed E-state index contributed by atoms with van der Waals surface area (Å²) in [6.45, 7) is 3.95. The minimum atomic E-state index is -0.414. The van der Waals surface area contributed by atoms with E-state index in [1.807, 2.05) is 44.2 Å². The number of fused-ring (bicyclic) bond motifs is 1. The fourth-order valence-corrected chi connectivity index (χ4v) is 2.52. The fraction of sp³-hybridized carbons (Fsp3) is 0.312. The fourth-order valence-electron chi connectivity index (χ4n) is 2.52. The lowest BCUT2D eigenvalue weighted by molar-refractivity contribution is 0.144. The maximum Gasteiger partial charge on any atom is 0.166 e. The van der Waals surface area contributed by atoms with Crippen LogP contribution in [0.1, 0.15) is 31.9 Å². The van der Waals surface area contributed by atoms with Gasteiger partial charge in [-0.25, -0.2) is 14.6 Å². The number of hydrogen-bond donors (Lipinski definition) is 1. The van der Waals surface area contributed by atoms with Crippen molar-refractivity contribution < 1.29 is 5.11 Å². The number of hydrogen-bond acceptors (Lipinski definition) is 4. The molecule has 0 radical (unpaired) electrons. The van der Waals surface area contributed by atoms with Gasteiger partial charge in [0.25, 0.3) is 0 Å². The van der Waals surface area contributed by atoms with Crippen molar-refractivity contribution in [1.82, 2.24) is 19.7 Å². The van der Waals surface area contributed by atoms with E-state index in [0.29, 0.717) is 6.42 Å². The molecule has 0 saturated carbocycles. The standard InChI is InChI=1S/C16H18N4O/c1-3-14(21)11(2)15-13-9-19-20(16(13)18-10-17-15)12-7-5-4-6-8-12/h4-11,14,21H,3H2,1-2H3. The molecule has 0 aliphatic rings. The third kappa shape index (κ3) is 2.40. The maximum absolute atomic E-state index is 10.1. The Hall–Kier alpha value is -2.27. The van der Waals surface area contributed by atoms with Gasteiger partial charge in [0.05, 0.1) is 29.1 Å². The molecule has 2 atom stereocenters. The van der Waals surface area contributed by atoms with Crippen LogP contribution in [0.3, 0.4) is 0 Å². The largest absolute Gasteiger partial charge is 0.392 e. The molecule has 5 heteroatoms. The Morgan fingerprint density at radius 1 is 1.19 bits per heavy atom. The molecule has 2 heterocycles. The van der Waals surface area contributed by atoms with Crippen LogP contribution < -0.4 is 0 Å². The molecule has 0 fully saturated rings. The number of aromatic nitrogens is 4. The Kier molecular flexibility index (Phi) is 3.66. The first-order chi connectivity index (χ1) is 10.2. The minimum absolute atomic E-state index is 0.0473.